The number of imidazole rings is 1. The lowest BCUT2D eigenvalue weighted by Gasteiger charge is -2.26. The van der Waals surface area contributed by atoms with Crippen LogP contribution in [0.25, 0.3) is 0 Å². The zero-order valence-electron chi connectivity index (χ0n) is 24.3. The maximum Gasteiger partial charge on any atom is 0.103 e. The zero-order valence-corrected chi connectivity index (χ0v) is 24.3. The Morgan fingerprint density at radius 2 is 1.61 bits per heavy atom. The predicted molar refractivity (Wildman–Crippen MR) is 151 cm³/mol. The van der Waals surface area contributed by atoms with Gasteiger partial charge >= 0.3 is 0 Å². The minimum Gasteiger partial charge on any atom is -0.346 e. The Kier molecular flexibility index (Phi) is 21.7. The fourth-order valence-corrected chi connectivity index (χ4v) is 4.38. The SMILES string of the molecule is CC.CC.CCC(C)=C(C(C)=N)C1CCCCC1.CCC(C)CCCC(C)c1cnc(C)[nH]1. The van der Waals surface area contributed by atoms with Gasteiger partial charge < -0.3 is 10.4 Å². The van der Waals surface area contributed by atoms with Crippen LogP contribution in [0.15, 0.2) is 17.3 Å². The molecular formula is C30H59N3. The van der Waals surface area contributed by atoms with Crippen molar-refractivity contribution in [1.82, 2.24) is 9.97 Å². The average molecular weight is 462 g/mol. The van der Waals surface area contributed by atoms with Crippen LogP contribution in [0.2, 0.25) is 0 Å². The van der Waals surface area contributed by atoms with Crippen molar-refractivity contribution in [3.63, 3.8) is 0 Å². The first-order chi connectivity index (χ1) is 15.8. The van der Waals surface area contributed by atoms with Gasteiger partial charge in [0.25, 0.3) is 0 Å². The lowest BCUT2D eigenvalue weighted by Crippen LogP contribution is -2.15. The van der Waals surface area contributed by atoms with Crippen LogP contribution >= 0.6 is 0 Å². The zero-order chi connectivity index (χ0) is 25.8. The molecule has 1 fully saturated rings. The highest BCUT2D eigenvalue weighted by atomic mass is 14.9. The molecule has 0 bridgehead atoms. The summed E-state index contributed by atoms with van der Waals surface area (Å²) in [6, 6.07) is 0. The monoisotopic (exact) mass is 461 g/mol. The molecule has 0 aromatic carbocycles. The molecule has 0 aliphatic heterocycles. The smallest absolute Gasteiger partial charge is 0.103 e. The van der Waals surface area contributed by atoms with Crippen LogP contribution in [0, 0.1) is 24.2 Å². The van der Waals surface area contributed by atoms with E-state index >= 15 is 0 Å². The van der Waals surface area contributed by atoms with Crippen LogP contribution in [0.3, 0.4) is 0 Å². The Morgan fingerprint density at radius 3 is 2.03 bits per heavy atom. The van der Waals surface area contributed by atoms with E-state index in [4.69, 9.17) is 5.41 Å². The molecule has 1 aromatic heterocycles. The van der Waals surface area contributed by atoms with Gasteiger partial charge in [-0.25, -0.2) is 4.98 Å². The van der Waals surface area contributed by atoms with Gasteiger partial charge in [0.05, 0.1) is 0 Å². The van der Waals surface area contributed by atoms with Crippen LogP contribution in [0.4, 0.5) is 0 Å². The lowest BCUT2D eigenvalue weighted by molar-refractivity contribution is 0.408. The topological polar surface area (TPSA) is 52.5 Å². The number of nitrogens with zero attached hydrogens (tertiary/aromatic N) is 1. The van der Waals surface area contributed by atoms with Gasteiger partial charge in [-0.15, -0.1) is 0 Å². The Bertz CT molecular complexity index is 620. The van der Waals surface area contributed by atoms with E-state index in [-0.39, 0.29) is 0 Å². The molecule has 0 amide bonds. The summed E-state index contributed by atoms with van der Waals surface area (Å²) in [5.74, 6) is 3.22. The molecule has 1 aromatic rings. The Labute approximate surface area is 208 Å². The quantitative estimate of drug-likeness (QED) is 0.353. The van der Waals surface area contributed by atoms with Crippen molar-refractivity contribution in [3.8, 4) is 0 Å². The van der Waals surface area contributed by atoms with Crippen molar-refractivity contribution >= 4 is 5.71 Å². The van der Waals surface area contributed by atoms with Gasteiger partial charge in [-0.1, -0.05) is 99.5 Å². The highest BCUT2D eigenvalue weighted by molar-refractivity contribution is 5.96. The number of aromatic nitrogens is 2. The predicted octanol–water partition coefficient (Wildman–Crippen LogP) is 10.4. The van der Waals surface area contributed by atoms with Crippen LogP contribution in [-0.2, 0) is 0 Å². The first kappa shape index (κ1) is 33.8. The summed E-state index contributed by atoms with van der Waals surface area (Å²) in [6.07, 6.45) is 15.1. The molecule has 3 nitrogen and oxygen atoms in total. The maximum absolute atomic E-state index is 7.86. The fourth-order valence-electron chi connectivity index (χ4n) is 4.38. The molecule has 2 N–H and O–H groups in total. The molecule has 0 spiro atoms. The van der Waals surface area contributed by atoms with E-state index in [1.54, 1.807) is 0 Å². The molecule has 33 heavy (non-hydrogen) atoms. The van der Waals surface area contributed by atoms with Gasteiger partial charge in [-0.2, -0.15) is 0 Å². The van der Waals surface area contributed by atoms with Crippen LogP contribution < -0.4 is 0 Å². The lowest BCUT2D eigenvalue weighted by atomic mass is 9.80. The fraction of sp³-hybridized carbons (Fsp3) is 0.800. The third-order valence-electron chi connectivity index (χ3n) is 6.69. The van der Waals surface area contributed by atoms with Crippen molar-refractivity contribution in [1.29, 1.82) is 5.41 Å². The van der Waals surface area contributed by atoms with Crippen LogP contribution in [0.5, 0.6) is 0 Å². The molecule has 0 saturated heterocycles. The summed E-state index contributed by atoms with van der Waals surface area (Å²) in [5.41, 5.74) is 4.89. The van der Waals surface area contributed by atoms with E-state index in [9.17, 15) is 0 Å². The average Bonchev–Trinajstić information content (AvgIpc) is 3.28. The number of allylic oxidation sites excluding steroid dienone is 2. The van der Waals surface area contributed by atoms with Gasteiger partial charge in [-0.3, -0.25) is 0 Å². The van der Waals surface area contributed by atoms with Crippen molar-refractivity contribution < 1.29 is 0 Å². The third-order valence-corrected chi connectivity index (χ3v) is 6.69. The number of aryl methyl sites for hydroxylation is 1. The molecule has 2 atom stereocenters. The molecule has 1 heterocycles. The van der Waals surface area contributed by atoms with Gasteiger partial charge in [-0.05, 0) is 69.8 Å². The van der Waals surface area contributed by atoms with Gasteiger partial charge in [0.2, 0.25) is 0 Å². The molecule has 2 rings (SSSR count). The minimum absolute atomic E-state index is 0.621. The second-order valence-electron chi connectivity index (χ2n) is 9.28. The van der Waals surface area contributed by atoms with Crippen molar-refractivity contribution in [3.05, 3.63) is 28.9 Å². The standard InChI is InChI=1S/C13H24N2.C13H23N.2C2H6/c1-5-10(2)7-6-8-11(3)13-9-14-12(4)15-13;1-4-10(2)13(11(3)14)12-8-6-5-7-9-12;2*1-2/h9-11H,5-8H2,1-4H3,(H,14,15);12,14H,4-9H2,1-3H3;2*1-2H3. The Morgan fingerprint density at radius 1 is 1.03 bits per heavy atom. The third kappa shape index (κ3) is 14.5. The number of nitrogens with one attached hydrogen (secondary N) is 2. The Balaban J connectivity index is 0. The minimum atomic E-state index is 0.621. The summed E-state index contributed by atoms with van der Waals surface area (Å²) in [7, 11) is 0. The molecule has 1 saturated carbocycles. The van der Waals surface area contributed by atoms with E-state index in [0.717, 1.165) is 23.9 Å². The molecule has 2 unspecified atom stereocenters. The van der Waals surface area contributed by atoms with E-state index in [0.29, 0.717) is 11.8 Å². The number of hydrogen-bond donors (Lipinski definition) is 2. The summed E-state index contributed by atoms with van der Waals surface area (Å²) >= 11 is 0. The molecule has 0 radical (unpaired) electrons. The highest BCUT2D eigenvalue weighted by Gasteiger charge is 2.20. The van der Waals surface area contributed by atoms with E-state index in [1.165, 1.54) is 74.6 Å². The van der Waals surface area contributed by atoms with E-state index in [1.807, 2.05) is 47.7 Å². The summed E-state index contributed by atoms with van der Waals surface area (Å²) in [5, 5.41) is 7.86. The van der Waals surface area contributed by atoms with Crippen molar-refractivity contribution in [2.24, 2.45) is 11.8 Å². The number of rotatable bonds is 9. The molecule has 1 aliphatic carbocycles. The summed E-state index contributed by atoms with van der Waals surface area (Å²) in [6.45, 7) is 23.2. The second kappa shape index (κ2) is 21.2. The van der Waals surface area contributed by atoms with Gasteiger partial charge in [0.15, 0.2) is 0 Å². The normalized spacial score (nSPS) is 16.0. The second-order valence-corrected chi connectivity index (χ2v) is 9.28. The van der Waals surface area contributed by atoms with Gasteiger partial charge in [0.1, 0.15) is 5.82 Å². The van der Waals surface area contributed by atoms with E-state index < -0.39 is 0 Å². The van der Waals surface area contributed by atoms with E-state index in [2.05, 4.69) is 44.6 Å². The van der Waals surface area contributed by atoms with Crippen molar-refractivity contribution in [2.45, 2.75) is 146 Å². The maximum atomic E-state index is 7.86. The molecule has 3 heteroatoms. The van der Waals surface area contributed by atoms with Crippen LogP contribution in [0.1, 0.15) is 151 Å². The number of aromatic amines is 1. The van der Waals surface area contributed by atoms with Gasteiger partial charge in [0, 0.05) is 17.6 Å². The Hall–Kier alpha value is -1.38. The van der Waals surface area contributed by atoms with Crippen molar-refractivity contribution in [2.75, 3.05) is 0 Å². The largest absolute Gasteiger partial charge is 0.346 e. The van der Waals surface area contributed by atoms with Crippen LogP contribution in [-0.4, -0.2) is 15.7 Å². The first-order valence-electron chi connectivity index (χ1n) is 14.1. The molecular weight excluding hydrogens is 402 g/mol. The molecule has 194 valence electrons. The first-order valence-corrected chi connectivity index (χ1v) is 14.1. The highest BCUT2D eigenvalue weighted by Crippen LogP contribution is 2.32. The summed E-state index contributed by atoms with van der Waals surface area (Å²) in [4.78, 5) is 7.56. The molecule has 1 aliphatic rings. The number of H-pyrrole nitrogens is 1. The number of hydrogen-bond acceptors (Lipinski definition) is 2. The summed E-state index contributed by atoms with van der Waals surface area (Å²) < 4.78 is 0.